The van der Waals surface area contributed by atoms with Gasteiger partial charge in [-0.1, -0.05) is 0 Å². The van der Waals surface area contributed by atoms with Gasteiger partial charge in [0.25, 0.3) is 0 Å². The smallest absolute Gasteiger partial charge is 0.111 e. The molecular weight excluding hydrogens is 234 g/mol. The Balaban J connectivity index is 1.79. The summed E-state index contributed by atoms with van der Waals surface area (Å²) in [6.45, 7) is 5.22. The van der Waals surface area contributed by atoms with E-state index in [4.69, 9.17) is 14.2 Å². The molecule has 0 amide bonds. The summed E-state index contributed by atoms with van der Waals surface area (Å²) in [7, 11) is 1.67. The van der Waals surface area contributed by atoms with Gasteiger partial charge in [0.15, 0.2) is 0 Å². The summed E-state index contributed by atoms with van der Waals surface area (Å²) in [6, 6.07) is 0. The van der Waals surface area contributed by atoms with Gasteiger partial charge < -0.3 is 24.1 Å². The van der Waals surface area contributed by atoms with E-state index in [0.29, 0.717) is 19.8 Å². The Kier molecular flexibility index (Phi) is 5.60. The quantitative estimate of drug-likeness (QED) is 0.706. The van der Waals surface area contributed by atoms with Crippen LogP contribution in [0.1, 0.15) is 11.8 Å². The molecule has 6 nitrogen and oxygen atoms in total. The largest absolute Gasteiger partial charge is 0.382 e. The second-order valence-corrected chi connectivity index (χ2v) is 4.18. The molecule has 0 spiro atoms. The first kappa shape index (κ1) is 13.5. The van der Waals surface area contributed by atoms with Crippen LogP contribution in [0.15, 0.2) is 12.5 Å². The molecule has 1 aromatic rings. The molecule has 1 aliphatic rings. The van der Waals surface area contributed by atoms with E-state index in [1.807, 2.05) is 12.5 Å². The fourth-order valence-corrected chi connectivity index (χ4v) is 1.95. The average Bonchev–Trinajstić information content (AvgIpc) is 2.88. The first-order chi connectivity index (χ1) is 8.92. The molecule has 1 N–H and O–H groups in total. The molecule has 0 aliphatic carbocycles. The van der Waals surface area contributed by atoms with E-state index in [1.54, 1.807) is 7.11 Å². The highest BCUT2D eigenvalue weighted by Crippen LogP contribution is 2.17. The summed E-state index contributed by atoms with van der Waals surface area (Å²) in [5.41, 5.74) is 1.11. The molecule has 0 radical (unpaired) electrons. The highest BCUT2D eigenvalue weighted by molar-refractivity contribution is 5.04. The van der Waals surface area contributed by atoms with Crippen molar-refractivity contribution in [1.82, 2.24) is 14.9 Å². The Morgan fingerprint density at radius 1 is 1.50 bits per heavy atom. The Hall–Kier alpha value is -0.950. The standard InChI is InChI=1S/C12H21N3O3/c1-16-6-7-17-5-3-15-10-14-8-11(15)12-9-13-2-4-18-12/h8,10,12-13H,2-7,9H2,1H3. The lowest BCUT2D eigenvalue weighted by molar-refractivity contribution is 0.0210. The van der Waals surface area contributed by atoms with Crippen molar-refractivity contribution < 1.29 is 14.2 Å². The van der Waals surface area contributed by atoms with Crippen molar-refractivity contribution in [3.05, 3.63) is 18.2 Å². The molecular formula is C12H21N3O3. The number of ether oxygens (including phenoxy) is 3. The van der Waals surface area contributed by atoms with Crippen molar-refractivity contribution in [2.75, 3.05) is 46.6 Å². The fourth-order valence-electron chi connectivity index (χ4n) is 1.95. The van der Waals surface area contributed by atoms with Crippen LogP contribution in [0.3, 0.4) is 0 Å². The van der Waals surface area contributed by atoms with Crippen LogP contribution in [-0.2, 0) is 20.8 Å². The van der Waals surface area contributed by atoms with Crippen molar-refractivity contribution in [1.29, 1.82) is 0 Å². The fraction of sp³-hybridized carbons (Fsp3) is 0.750. The second kappa shape index (κ2) is 7.48. The van der Waals surface area contributed by atoms with Crippen molar-refractivity contribution in [3.63, 3.8) is 0 Å². The Bertz CT molecular complexity index is 337. The monoisotopic (exact) mass is 255 g/mol. The molecule has 0 saturated carbocycles. The Labute approximate surface area is 107 Å². The molecule has 102 valence electrons. The first-order valence-corrected chi connectivity index (χ1v) is 6.31. The first-order valence-electron chi connectivity index (χ1n) is 6.31. The zero-order chi connectivity index (χ0) is 12.6. The van der Waals surface area contributed by atoms with Gasteiger partial charge in [-0.2, -0.15) is 0 Å². The second-order valence-electron chi connectivity index (χ2n) is 4.18. The highest BCUT2D eigenvalue weighted by Gasteiger charge is 2.19. The summed E-state index contributed by atoms with van der Waals surface area (Å²) in [6.07, 6.45) is 3.79. The molecule has 2 rings (SSSR count). The molecule has 1 saturated heterocycles. The molecule has 0 bridgehead atoms. The van der Waals surface area contributed by atoms with Gasteiger partial charge in [-0.15, -0.1) is 0 Å². The maximum absolute atomic E-state index is 5.72. The minimum atomic E-state index is 0.0974. The minimum Gasteiger partial charge on any atom is -0.382 e. The van der Waals surface area contributed by atoms with Crippen LogP contribution in [-0.4, -0.2) is 56.2 Å². The third-order valence-corrected chi connectivity index (χ3v) is 2.91. The van der Waals surface area contributed by atoms with E-state index in [9.17, 15) is 0 Å². The number of morpholine rings is 1. The molecule has 2 heterocycles. The van der Waals surface area contributed by atoms with Gasteiger partial charge in [0.05, 0.1) is 44.6 Å². The van der Waals surface area contributed by atoms with E-state index in [-0.39, 0.29) is 6.10 Å². The van der Waals surface area contributed by atoms with Crippen molar-refractivity contribution >= 4 is 0 Å². The van der Waals surface area contributed by atoms with Gasteiger partial charge in [0, 0.05) is 26.7 Å². The number of rotatable bonds is 7. The van der Waals surface area contributed by atoms with Crippen molar-refractivity contribution in [2.24, 2.45) is 0 Å². The van der Waals surface area contributed by atoms with Gasteiger partial charge in [0.2, 0.25) is 0 Å². The van der Waals surface area contributed by atoms with Crippen LogP contribution in [0.5, 0.6) is 0 Å². The average molecular weight is 255 g/mol. The van der Waals surface area contributed by atoms with E-state index < -0.39 is 0 Å². The predicted molar refractivity (Wildman–Crippen MR) is 66.5 cm³/mol. The number of hydrogen-bond donors (Lipinski definition) is 1. The summed E-state index contributed by atoms with van der Waals surface area (Å²) in [4.78, 5) is 4.19. The number of hydrogen-bond acceptors (Lipinski definition) is 5. The summed E-state index contributed by atoms with van der Waals surface area (Å²) < 4.78 is 18.2. The lowest BCUT2D eigenvalue weighted by Crippen LogP contribution is -2.34. The molecule has 6 heteroatoms. The number of aromatic nitrogens is 2. The lowest BCUT2D eigenvalue weighted by atomic mass is 10.2. The van der Waals surface area contributed by atoms with E-state index in [1.165, 1.54) is 0 Å². The van der Waals surface area contributed by atoms with Gasteiger partial charge in [-0.3, -0.25) is 0 Å². The van der Waals surface area contributed by atoms with Gasteiger partial charge in [0.1, 0.15) is 6.10 Å². The highest BCUT2D eigenvalue weighted by atomic mass is 16.5. The molecule has 1 atom stereocenters. The zero-order valence-corrected chi connectivity index (χ0v) is 10.8. The third-order valence-electron chi connectivity index (χ3n) is 2.91. The maximum Gasteiger partial charge on any atom is 0.111 e. The van der Waals surface area contributed by atoms with Crippen LogP contribution in [0.4, 0.5) is 0 Å². The molecule has 1 fully saturated rings. The molecule has 1 unspecified atom stereocenters. The van der Waals surface area contributed by atoms with Gasteiger partial charge >= 0.3 is 0 Å². The van der Waals surface area contributed by atoms with E-state index >= 15 is 0 Å². The van der Waals surface area contributed by atoms with Crippen molar-refractivity contribution in [3.8, 4) is 0 Å². The topological polar surface area (TPSA) is 57.5 Å². The van der Waals surface area contributed by atoms with E-state index in [0.717, 1.165) is 31.9 Å². The van der Waals surface area contributed by atoms with Gasteiger partial charge in [-0.25, -0.2) is 4.98 Å². The molecule has 1 aliphatic heterocycles. The number of imidazole rings is 1. The Morgan fingerprint density at radius 3 is 3.22 bits per heavy atom. The van der Waals surface area contributed by atoms with Crippen LogP contribution < -0.4 is 5.32 Å². The summed E-state index contributed by atoms with van der Waals surface area (Å²) in [5.74, 6) is 0. The van der Waals surface area contributed by atoms with Crippen LogP contribution in [0, 0.1) is 0 Å². The normalized spacial score (nSPS) is 20.2. The maximum atomic E-state index is 5.72. The minimum absolute atomic E-state index is 0.0974. The number of nitrogens with one attached hydrogen (secondary N) is 1. The third kappa shape index (κ3) is 3.78. The summed E-state index contributed by atoms with van der Waals surface area (Å²) >= 11 is 0. The summed E-state index contributed by atoms with van der Waals surface area (Å²) in [5, 5.41) is 3.32. The molecule has 18 heavy (non-hydrogen) atoms. The lowest BCUT2D eigenvalue weighted by Gasteiger charge is -2.24. The molecule has 1 aromatic heterocycles. The predicted octanol–water partition coefficient (Wildman–Crippen LogP) is 0.207. The number of methoxy groups -OCH3 is 1. The molecule has 0 aromatic carbocycles. The SMILES string of the molecule is COCCOCCn1cncc1C1CNCCO1. The van der Waals surface area contributed by atoms with Crippen molar-refractivity contribution in [2.45, 2.75) is 12.6 Å². The van der Waals surface area contributed by atoms with Crippen LogP contribution >= 0.6 is 0 Å². The Morgan fingerprint density at radius 2 is 2.44 bits per heavy atom. The van der Waals surface area contributed by atoms with Crippen LogP contribution in [0.2, 0.25) is 0 Å². The van der Waals surface area contributed by atoms with Gasteiger partial charge in [-0.05, 0) is 0 Å². The zero-order valence-electron chi connectivity index (χ0n) is 10.8. The number of nitrogens with zero attached hydrogens (tertiary/aromatic N) is 2. The van der Waals surface area contributed by atoms with E-state index in [2.05, 4.69) is 14.9 Å². The van der Waals surface area contributed by atoms with Crippen LogP contribution in [0.25, 0.3) is 0 Å².